The van der Waals surface area contributed by atoms with Crippen molar-refractivity contribution in [3.05, 3.63) is 101 Å². The van der Waals surface area contributed by atoms with Crippen LogP contribution in [0.3, 0.4) is 0 Å². The summed E-state index contributed by atoms with van der Waals surface area (Å²) >= 11 is 0. The molecule has 0 saturated carbocycles. The second-order valence-electron chi connectivity index (χ2n) is 10.9. The summed E-state index contributed by atoms with van der Waals surface area (Å²) in [5.74, 6) is 0.986. The van der Waals surface area contributed by atoms with Crippen LogP contribution >= 0.6 is 0 Å². The lowest BCUT2D eigenvalue weighted by atomic mass is 9.84. The van der Waals surface area contributed by atoms with Crippen molar-refractivity contribution in [1.29, 1.82) is 0 Å². The lowest BCUT2D eigenvalue weighted by molar-refractivity contribution is -0.0125. The summed E-state index contributed by atoms with van der Waals surface area (Å²) in [6.45, 7) is 8.76. The molecule has 2 saturated heterocycles. The number of fused-ring (bicyclic) bond motifs is 1. The number of nitrogens with zero attached hydrogens (tertiary/aromatic N) is 3. The molecule has 5 nitrogen and oxygen atoms in total. The van der Waals surface area contributed by atoms with E-state index >= 15 is 0 Å². The molecule has 5 rings (SSSR count). The van der Waals surface area contributed by atoms with Gasteiger partial charge in [0.1, 0.15) is 5.75 Å². The number of hydrogen-bond acceptors (Lipinski definition) is 4. The standard InChI is InChI=1S/C34H43N3O2/c1-4-35(5-2)34(38)28-20-18-27(19-21-28)33(29-14-9-15-30(24-29)39-3)37-23-11-16-31-32(37)17-10-22-36(31)25-26-12-7-6-8-13-26/h6-9,12-15,18-21,24,31-33H,4-5,10-11,16-17,22-23,25H2,1-3H3. The highest BCUT2D eigenvalue weighted by atomic mass is 16.5. The molecule has 0 aliphatic carbocycles. The SMILES string of the molecule is CCN(CC)C(=O)c1ccc(C(c2cccc(OC)c2)N2CCCC3C2CCCN3Cc2ccccc2)cc1. The molecule has 0 bridgehead atoms. The Morgan fingerprint density at radius 2 is 1.59 bits per heavy atom. The zero-order chi connectivity index (χ0) is 27.2. The van der Waals surface area contributed by atoms with Crippen molar-refractivity contribution in [2.24, 2.45) is 0 Å². The molecule has 2 heterocycles. The molecule has 39 heavy (non-hydrogen) atoms. The van der Waals surface area contributed by atoms with E-state index in [0.29, 0.717) is 12.1 Å². The number of piperidine rings is 2. The molecule has 3 atom stereocenters. The molecule has 3 aromatic carbocycles. The van der Waals surface area contributed by atoms with Crippen LogP contribution in [0.5, 0.6) is 5.75 Å². The number of hydrogen-bond donors (Lipinski definition) is 0. The average Bonchev–Trinajstić information content (AvgIpc) is 2.99. The van der Waals surface area contributed by atoms with E-state index in [4.69, 9.17) is 4.74 Å². The molecule has 2 aliphatic heterocycles. The van der Waals surface area contributed by atoms with Crippen LogP contribution in [-0.4, -0.2) is 66.0 Å². The van der Waals surface area contributed by atoms with Gasteiger partial charge in [0.25, 0.3) is 5.91 Å². The van der Waals surface area contributed by atoms with Crippen LogP contribution in [-0.2, 0) is 6.54 Å². The molecule has 0 spiro atoms. The van der Waals surface area contributed by atoms with Crippen LogP contribution in [0.25, 0.3) is 0 Å². The highest BCUT2D eigenvalue weighted by Gasteiger charge is 2.41. The molecule has 3 aromatic rings. The molecular weight excluding hydrogens is 482 g/mol. The molecule has 0 aromatic heterocycles. The van der Waals surface area contributed by atoms with Crippen LogP contribution in [0, 0.1) is 0 Å². The number of carbonyl (C=O) groups is 1. The van der Waals surface area contributed by atoms with Crippen molar-refractivity contribution in [1.82, 2.24) is 14.7 Å². The first-order valence-corrected chi connectivity index (χ1v) is 14.7. The summed E-state index contributed by atoms with van der Waals surface area (Å²) in [7, 11) is 1.74. The van der Waals surface area contributed by atoms with Gasteiger partial charge in [-0.1, -0.05) is 54.6 Å². The summed E-state index contributed by atoms with van der Waals surface area (Å²) in [4.78, 5) is 20.4. The topological polar surface area (TPSA) is 36.0 Å². The number of carbonyl (C=O) groups excluding carboxylic acids is 1. The number of benzene rings is 3. The minimum absolute atomic E-state index is 0.103. The van der Waals surface area contributed by atoms with Crippen molar-refractivity contribution < 1.29 is 9.53 Å². The Morgan fingerprint density at radius 1 is 0.872 bits per heavy atom. The Bertz CT molecular complexity index is 1210. The molecule has 0 radical (unpaired) electrons. The second kappa shape index (κ2) is 12.8. The molecule has 0 N–H and O–H groups in total. The molecule has 3 unspecified atom stereocenters. The summed E-state index contributed by atoms with van der Waals surface area (Å²) in [6, 6.07) is 29.0. The smallest absolute Gasteiger partial charge is 0.253 e. The van der Waals surface area contributed by atoms with E-state index in [2.05, 4.69) is 70.5 Å². The minimum atomic E-state index is 0.103. The molecule has 206 valence electrons. The van der Waals surface area contributed by atoms with E-state index in [0.717, 1.165) is 44.0 Å². The Labute approximate surface area is 234 Å². The first kappa shape index (κ1) is 27.4. The van der Waals surface area contributed by atoms with Crippen molar-refractivity contribution in [2.45, 2.75) is 64.2 Å². The van der Waals surface area contributed by atoms with Gasteiger partial charge in [-0.25, -0.2) is 0 Å². The van der Waals surface area contributed by atoms with Gasteiger partial charge >= 0.3 is 0 Å². The van der Waals surface area contributed by atoms with Gasteiger partial charge in [-0.15, -0.1) is 0 Å². The average molecular weight is 526 g/mol. The number of amides is 1. The summed E-state index contributed by atoms with van der Waals surface area (Å²) in [5.41, 5.74) is 4.64. The zero-order valence-electron chi connectivity index (χ0n) is 23.8. The minimum Gasteiger partial charge on any atom is -0.497 e. The predicted molar refractivity (Wildman–Crippen MR) is 158 cm³/mol. The third-order valence-corrected chi connectivity index (χ3v) is 8.69. The maximum absolute atomic E-state index is 13.0. The van der Waals surface area contributed by atoms with Gasteiger partial charge in [0.15, 0.2) is 0 Å². The maximum Gasteiger partial charge on any atom is 0.253 e. The van der Waals surface area contributed by atoms with E-state index in [-0.39, 0.29) is 11.9 Å². The number of likely N-dealkylation sites (tertiary alicyclic amines) is 2. The van der Waals surface area contributed by atoms with Gasteiger partial charge in [-0.3, -0.25) is 14.6 Å². The number of rotatable bonds is 9. The van der Waals surface area contributed by atoms with E-state index in [1.165, 1.54) is 42.4 Å². The van der Waals surface area contributed by atoms with Crippen molar-refractivity contribution >= 4 is 5.91 Å². The molecule has 1 amide bonds. The fraction of sp³-hybridized carbons (Fsp3) is 0.441. The van der Waals surface area contributed by atoms with Gasteiger partial charge in [-0.2, -0.15) is 0 Å². The van der Waals surface area contributed by atoms with E-state index < -0.39 is 0 Å². The Hall–Kier alpha value is -3.15. The zero-order valence-corrected chi connectivity index (χ0v) is 23.8. The lowest BCUT2D eigenvalue weighted by Crippen LogP contribution is -2.58. The second-order valence-corrected chi connectivity index (χ2v) is 10.9. The number of ether oxygens (including phenoxy) is 1. The van der Waals surface area contributed by atoms with Crippen LogP contribution in [0.2, 0.25) is 0 Å². The Morgan fingerprint density at radius 3 is 2.31 bits per heavy atom. The highest BCUT2D eigenvalue weighted by Crippen LogP contribution is 2.40. The van der Waals surface area contributed by atoms with Crippen LogP contribution in [0.4, 0.5) is 0 Å². The first-order chi connectivity index (χ1) is 19.1. The Balaban J connectivity index is 1.47. The van der Waals surface area contributed by atoms with Gasteiger partial charge in [0.05, 0.1) is 13.2 Å². The van der Waals surface area contributed by atoms with Gasteiger partial charge in [-0.05, 0) is 93.6 Å². The van der Waals surface area contributed by atoms with Gasteiger partial charge in [0.2, 0.25) is 0 Å². The maximum atomic E-state index is 13.0. The lowest BCUT2D eigenvalue weighted by Gasteiger charge is -2.52. The third-order valence-electron chi connectivity index (χ3n) is 8.69. The largest absolute Gasteiger partial charge is 0.497 e. The van der Waals surface area contributed by atoms with Crippen LogP contribution in [0.15, 0.2) is 78.9 Å². The normalized spacial score (nSPS) is 20.7. The third kappa shape index (κ3) is 6.05. The van der Waals surface area contributed by atoms with Gasteiger partial charge in [0, 0.05) is 37.3 Å². The molecular formula is C34H43N3O2. The summed E-state index contributed by atoms with van der Waals surface area (Å²) < 4.78 is 5.64. The van der Waals surface area contributed by atoms with E-state index in [1.54, 1.807) is 7.11 Å². The Kier molecular flexibility index (Phi) is 9.00. The molecule has 2 aliphatic rings. The molecule has 5 heteroatoms. The van der Waals surface area contributed by atoms with Gasteiger partial charge < -0.3 is 9.64 Å². The van der Waals surface area contributed by atoms with E-state index in [9.17, 15) is 4.79 Å². The quantitative estimate of drug-likeness (QED) is 0.324. The fourth-order valence-corrected chi connectivity index (χ4v) is 6.74. The van der Waals surface area contributed by atoms with Crippen molar-refractivity contribution in [2.75, 3.05) is 33.3 Å². The van der Waals surface area contributed by atoms with Crippen LogP contribution < -0.4 is 4.74 Å². The monoisotopic (exact) mass is 525 g/mol. The predicted octanol–water partition coefficient (Wildman–Crippen LogP) is 6.40. The van der Waals surface area contributed by atoms with Crippen LogP contribution in [0.1, 0.15) is 72.6 Å². The first-order valence-electron chi connectivity index (χ1n) is 14.7. The fourth-order valence-electron chi connectivity index (χ4n) is 6.74. The van der Waals surface area contributed by atoms with E-state index in [1.807, 2.05) is 36.9 Å². The molecule has 2 fully saturated rings. The summed E-state index contributed by atoms with van der Waals surface area (Å²) in [5, 5.41) is 0. The summed E-state index contributed by atoms with van der Waals surface area (Å²) in [6.07, 6.45) is 4.86. The van der Waals surface area contributed by atoms with Crippen molar-refractivity contribution in [3.8, 4) is 5.75 Å². The van der Waals surface area contributed by atoms with Crippen molar-refractivity contribution in [3.63, 3.8) is 0 Å². The highest BCUT2D eigenvalue weighted by molar-refractivity contribution is 5.94. The number of methoxy groups -OCH3 is 1.